The molecule has 0 unspecified atom stereocenters. The molecule has 7 heteroatoms. The number of hydrogen-bond donors (Lipinski definition) is 1. The molecule has 0 saturated carbocycles. The highest BCUT2D eigenvalue weighted by molar-refractivity contribution is 9.13. The van der Waals surface area contributed by atoms with Gasteiger partial charge >= 0.3 is 5.97 Å². The van der Waals surface area contributed by atoms with Crippen molar-refractivity contribution < 1.29 is 14.7 Å². The van der Waals surface area contributed by atoms with Gasteiger partial charge in [-0.1, -0.05) is 0 Å². The molecule has 0 aliphatic carbocycles. The summed E-state index contributed by atoms with van der Waals surface area (Å²) < 4.78 is 1.69. The Morgan fingerprint density at radius 2 is 2.06 bits per heavy atom. The molecule has 100 valence electrons. The second kappa shape index (κ2) is 6.68. The van der Waals surface area contributed by atoms with Crippen LogP contribution in [0.25, 0.3) is 0 Å². The van der Waals surface area contributed by atoms with Crippen LogP contribution in [0.2, 0.25) is 0 Å². The van der Waals surface area contributed by atoms with Gasteiger partial charge in [0, 0.05) is 17.1 Å². The van der Waals surface area contributed by atoms with Crippen LogP contribution < -0.4 is 0 Å². The fourth-order valence-corrected chi connectivity index (χ4v) is 3.40. The first kappa shape index (κ1) is 15.7. The van der Waals surface area contributed by atoms with Crippen LogP contribution in [0.4, 0.5) is 0 Å². The molecule has 0 aliphatic heterocycles. The van der Waals surface area contributed by atoms with Gasteiger partial charge < -0.3 is 10.0 Å². The van der Waals surface area contributed by atoms with E-state index in [0.717, 1.165) is 8.26 Å². The summed E-state index contributed by atoms with van der Waals surface area (Å²) in [6.07, 6.45) is -0.0440. The fraction of sp³-hybridized carbons (Fsp3) is 0.455. The van der Waals surface area contributed by atoms with Crippen LogP contribution in [0.3, 0.4) is 0 Å². The van der Waals surface area contributed by atoms with Crippen molar-refractivity contribution in [2.45, 2.75) is 26.3 Å². The van der Waals surface area contributed by atoms with Gasteiger partial charge in [-0.25, -0.2) is 0 Å². The average molecular weight is 399 g/mol. The first-order chi connectivity index (χ1) is 8.32. The second-order valence-corrected chi connectivity index (χ2v) is 7.19. The standard InChI is InChI=1S/C11H13Br2NO3S/c1-6(2)14(4-3-9(15)16)11(17)8-5-7(12)10(13)18-8/h5-6H,3-4H2,1-2H3,(H,15,16). The number of carbonyl (C=O) groups is 2. The van der Waals surface area contributed by atoms with Crippen LogP contribution in [0.5, 0.6) is 0 Å². The summed E-state index contributed by atoms with van der Waals surface area (Å²) in [5.41, 5.74) is 0. The lowest BCUT2D eigenvalue weighted by molar-refractivity contribution is -0.137. The quantitative estimate of drug-likeness (QED) is 0.824. The van der Waals surface area contributed by atoms with Crippen molar-refractivity contribution in [2.75, 3.05) is 6.54 Å². The van der Waals surface area contributed by atoms with Crippen molar-refractivity contribution in [1.82, 2.24) is 4.90 Å². The van der Waals surface area contributed by atoms with Gasteiger partial charge in [-0.3, -0.25) is 9.59 Å². The molecule has 0 radical (unpaired) electrons. The molecule has 0 saturated heterocycles. The van der Waals surface area contributed by atoms with Crippen molar-refractivity contribution in [1.29, 1.82) is 0 Å². The summed E-state index contributed by atoms with van der Waals surface area (Å²) in [4.78, 5) is 25.0. The number of carboxylic acids is 1. The Hall–Kier alpha value is -0.400. The molecule has 0 aromatic carbocycles. The van der Waals surface area contributed by atoms with Gasteiger partial charge in [0.1, 0.15) is 0 Å². The molecule has 1 amide bonds. The van der Waals surface area contributed by atoms with Crippen LogP contribution in [-0.2, 0) is 4.79 Å². The molecule has 0 aliphatic rings. The number of carboxylic acid groups (broad SMARTS) is 1. The fourth-order valence-electron chi connectivity index (χ4n) is 1.40. The minimum atomic E-state index is -0.901. The Balaban J connectivity index is 2.85. The third-order valence-electron chi connectivity index (χ3n) is 2.31. The van der Waals surface area contributed by atoms with Crippen LogP contribution in [0, 0.1) is 0 Å². The van der Waals surface area contributed by atoms with Gasteiger partial charge in [0.15, 0.2) is 0 Å². The molecule has 0 spiro atoms. The highest BCUT2D eigenvalue weighted by Gasteiger charge is 2.22. The smallest absolute Gasteiger partial charge is 0.305 e. The predicted octanol–water partition coefficient (Wildman–Crippen LogP) is 3.60. The van der Waals surface area contributed by atoms with Crippen molar-refractivity contribution in [3.8, 4) is 0 Å². The summed E-state index contributed by atoms with van der Waals surface area (Å²) in [5, 5.41) is 8.69. The van der Waals surface area contributed by atoms with Gasteiger partial charge in [0.25, 0.3) is 5.91 Å². The van der Waals surface area contributed by atoms with E-state index in [-0.39, 0.29) is 24.9 Å². The normalized spacial score (nSPS) is 10.7. The van der Waals surface area contributed by atoms with Crippen LogP contribution in [0.1, 0.15) is 29.9 Å². The first-order valence-corrected chi connectivity index (χ1v) is 7.70. The summed E-state index contributed by atoms with van der Waals surface area (Å²) in [6.45, 7) is 3.97. The molecule has 0 atom stereocenters. The predicted molar refractivity (Wildman–Crippen MR) is 78.1 cm³/mol. The Labute approximate surface area is 126 Å². The number of halogens is 2. The zero-order valence-corrected chi connectivity index (χ0v) is 13.9. The lowest BCUT2D eigenvalue weighted by Gasteiger charge is -2.25. The molecular weight excluding hydrogens is 386 g/mol. The summed E-state index contributed by atoms with van der Waals surface area (Å²) in [5.74, 6) is -1.04. The number of hydrogen-bond acceptors (Lipinski definition) is 3. The van der Waals surface area contributed by atoms with E-state index >= 15 is 0 Å². The molecule has 1 aromatic rings. The van der Waals surface area contributed by atoms with Crippen molar-refractivity contribution in [2.24, 2.45) is 0 Å². The highest BCUT2D eigenvalue weighted by Crippen LogP contribution is 2.33. The van der Waals surface area contributed by atoms with Crippen LogP contribution in [0.15, 0.2) is 14.3 Å². The maximum Gasteiger partial charge on any atom is 0.305 e. The summed E-state index contributed by atoms with van der Waals surface area (Å²) in [6, 6.07) is 1.71. The number of amides is 1. The minimum absolute atomic E-state index is 0.0310. The molecule has 1 rings (SSSR count). The average Bonchev–Trinajstić information content (AvgIpc) is 2.58. The Kier molecular flexibility index (Phi) is 5.81. The number of rotatable bonds is 5. The SMILES string of the molecule is CC(C)N(CCC(=O)O)C(=O)c1cc(Br)c(Br)s1. The summed E-state index contributed by atoms with van der Waals surface area (Å²) in [7, 11) is 0. The Morgan fingerprint density at radius 1 is 1.44 bits per heavy atom. The zero-order chi connectivity index (χ0) is 13.9. The topological polar surface area (TPSA) is 57.6 Å². The van der Waals surface area contributed by atoms with Gasteiger partial charge in [0.2, 0.25) is 0 Å². The molecule has 1 aromatic heterocycles. The van der Waals surface area contributed by atoms with E-state index in [0.29, 0.717) is 4.88 Å². The summed E-state index contributed by atoms with van der Waals surface area (Å²) >= 11 is 8.00. The van der Waals surface area contributed by atoms with Gasteiger partial charge in [-0.15, -0.1) is 11.3 Å². The molecule has 1 heterocycles. The number of thiophene rings is 1. The molecule has 18 heavy (non-hydrogen) atoms. The maximum absolute atomic E-state index is 12.3. The molecule has 0 bridgehead atoms. The Morgan fingerprint density at radius 3 is 2.44 bits per heavy atom. The third kappa shape index (κ3) is 4.07. The largest absolute Gasteiger partial charge is 0.481 e. The molecular formula is C11H13Br2NO3S. The van der Waals surface area contributed by atoms with E-state index < -0.39 is 5.97 Å². The lowest BCUT2D eigenvalue weighted by Crippen LogP contribution is -2.38. The van der Waals surface area contributed by atoms with E-state index in [1.807, 2.05) is 13.8 Å². The Bertz CT molecular complexity index is 440. The van der Waals surface area contributed by atoms with E-state index in [1.165, 1.54) is 11.3 Å². The van der Waals surface area contributed by atoms with Crippen LogP contribution >= 0.6 is 43.2 Å². The van der Waals surface area contributed by atoms with Crippen molar-refractivity contribution in [3.63, 3.8) is 0 Å². The molecule has 4 nitrogen and oxygen atoms in total. The minimum Gasteiger partial charge on any atom is -0.481 e. The monoisotopic (exact) mass is 397 g/mol. The second-order valence-electron chi connectivity index (χ2n) is 3.97. The maximum atomic E-state index is 12.3. The lowest BCUT2D eigenvalue weighted by atomic mass is 10.2. The van der Waals surface area contributed by atoms with E-state index in [9.17, 15) is 9.59 Å². The molecule has 0 fully saturated rings. The van der Waals surface area contributed by atoms with Gasteiger partial charge in [0.05, 0.1) is 15.1 Å². The van der Waals surface area contributed by atoms with Gasteiger partial charge in [-0.2, -0.15) is 0 Å². The number of carbonyl (C=O) groups excluding carboxylic acids is 1. The van der Waals surface area contributed by atoms with E-state index in [2.05, 4.69) is 31.9 Å². The first-order valence-electron chi connectivity index (χ1n) is 5.30. The zero-order valence-electron chi connectivity index (χ0n) is 9.94. The third-order valence-corrected chi connectivity index (χ3v) is 5.55. The van der Waals surface area contributed by atoms with Gasteiger partial charge in [-0.05, 0) is 51.8 Å². The van der Waals surface area contributed by atoms with E-state index in [4.69, 9.17) is 5.11 Å². The van der Waals surface area contributed by atoms with Crippen LogP contribution in [-0.4, -0.2) is 34.5 Å². The number of nitrogens with zero attached hydrogens (tertiary/aromatic N) is 1. The van der Waals surface area contributed by atoms with Crippen molar-refractivity contribution >= 4 is 55.1 Å². The highest BCUT2D eigenvalue weighted by atomic mass is 79.9. The van der Waals surface area contributed by atoms with Crippen molar-refractivity contribution in [3.05, 3.63) is 19.2 Å². The molecule has 1 N–H and O–H groups in total. The number of aliphatic carboxylic acids is 1. The van der Waals surface area contributed by atoms with E-state index in [1.54, 1.807) is 11.0 Å².